The maximum absolute atomic E-state index is 11.4. The molecule has 0 saturated carbocycles. The molecule has 6 nitrogen and oxygen atoms in total. The van der Waals surface area contributed by atoms with Crippen LogP contribution in [0.4, 0.5) is 5.82 Å². The number of rotatable bonds is 3. The molecule has 0 spiro atoms. The summed E-state index contributed by atoms with van der Waals surface area (Å²) < 4.78 is 6.17. The number of hydrogen-bond acceptors (Lipinski definition) is 5. The van der Waals surface area contributed by atoms with Crippen LogP contribution in [0.3, 0.4) is 0 Å². The number of anilines is 1. The van der Waals surface area contributed by atoms with E-state index in [1.807, 2.05) is 24.3 Å². The van der Waals surface area contributed by atoms with Gasteiger partial charge in [-0.2, -0.15) is 5.26 Å². The van der Waals surface area contributed by atoms with Gasteiger partial charge in [0.2, 0.25) is 0 Å². The second-order valence-electron chi connectivity index (χ2n) is 3.84. The lowest BCUT2D eigenvalue weighted by atomic mass is 10.1. The number of benzene rings is 1. The van der Waals surface area contributed by atoms with E-state index in [1.54, 1.807) is 4.57 Å². The Morgan fingerprint density at radius 3 is 2.74 bits per heavy atom. The lowest BCUT2D eigenvalue weighted by Crippen LogP contribution is -2.07. The number of ether oxygens (including phenoxy) is 1. The van der Waals surface area contributed by atoms with Gasteiger partial charge in [0.15, 0.2) is 5.69 Å². The summed E-state index contributed by atoms with van der Waals surface area (Å²) in [6, 6.07) is 9.36. The Kier molecular flexibility index (Phi) is 3.48. The van der Waals surface area contributed by atoms with E-state index < -0.39 is 5.97 Å². The fourth-order valence-corrected chi connectivity index (χ4v) is 1.68. The predicted molar refractivity (Wildman–Crippen MR) is 68.6 cm³/mol. The Morgan fingerprint density at radius 2 is 2.16 bits per heavy atom. The highest BCUT2D eigenvalue weighted by Crippen LogP contribution is 2.18. The van der Waals surface area contributed by atoms with Crippen LogP contribution in [0.2, 0.25) is 0 Å². The molecule has 0 aliphatic heterocycles. The Labute approximate surface area is 110 Å². The van der Waals surface area contributed by atoms with E-state index in [0.717, 1.165) is 11.3 Å². The zero-order valence-corrected chi connectivity index (χ0v) is 10.3. The van der Waals surface area contributed by atoms with Gasteiger partial charge in [-0.1, -0.05) is 12.1 Å². The van der Waals surface area contributed by atoms with Crippen LogP contribution < -0.4 is 5.73 Å². The monoisotopic (exact) mass is 256 g/mol. The Hall–Kier alpha value is -2.81. The molecule has 0 bridgehead atoms. The number of hydrogen-bond donors (Lipinski definition) is 1. The van der Waals surface area contributed by atoms with E-state index in [4.69, 9.17) is 11.0 Å². The smallest absolute Gasteiger partial charge is 0.360 e. The third-order valence-corrected chi connectivity index (χ3v) is 2.68. The first-order chi connectivity index (χ1) is 9.17. The molecule has 0 aliphatic rings. The Balaban J connectivity index is 2.35. The summed E-state index contributed by atoms with van der Waals surface area (Å²) in [5.41, 5.74) is 7.62. The van der Waals surface area contributed by atoms with Crippen LogP contribution in [-0.4, -0.2) is 22.6 Å². The fraction of sp³-hybridized carbons (Fsp3) is 0.154. The van der Waals surface area contributed by atoms with Crippen LogP contribution in [0.5, 0.6) is 0 Å². The minimum absolute atomic E-state index is 0.0867. The largest absolute Gasteiger partial charge is 0.464 e. The molecule has 0 unspecified atom stereocenters. The van der Waals surface area contributed by atoms with Gasteiger partial charge in [-0.15, -0.1) is 0 Å². The highest BCUT2D eigenvalue weighted by atomic mass is 16.5. The van der Waals surface area contributed by atoms with Gasteiger partial charge in [0.25, 0.3) is 0 Å². The molecule has 0 atom stereocenters. The molecule has 6 heteroatoms. The van der Waals surface area contributed by atoms with Crippen LogP contribution in [0.1, 0.15) is 16.1 Å². The molecule has 1 heterocycles. The van der Waals surface area contributed by atoms with Crippen molar-refractivity contribution in [1.29, 1.82) is 5.26 Å². The Bertz CT molecular complexity index is 638. The van der Waals surface area contributed by atoms with Crippen molar-refractivity contribution in [3.63, 3.8) is 0 Å². The van der Waals surface area contributed by atoms with Gasteiger partial charge >= 0.3 is 5.97 Å². The van der Waals surface area contributed by atoms with Crippen molar-refractivity contribution in [3.05, 3.63) is 41.9 Å². The number of carbonyl (C=O) groups excluding carboxylic acids is 1. The summed E-state index contributed by atoms with van der Waals surface area (Å²) in [5.74, 6) is -0.350. The minimum Gasteiger partial charge on any atom is -0.464 e. The van der Waals surface area contributed by atoms with Gasteiger partial charge in [-0.25, -0.2) is 9.78 Å². The molecule has 2 rings (SSSR count). The highest BCUT2D eigenvalue weighted by molar-refractivity contribution is 5.92. The summed E-state index contributed by atoms with van der Waals surface area (Å²) in [4.78, 5) is 15.3. The third-order valence-electron chi connectivity index (χ3n) is 2.68. The second kappa shape index (κ2) is 5.23. The number of nitrogen functional groups attached to an aromatic ring is 1. The van der Waals surface area contributed by atoms with E-state index in [1.165, 1.54) is 13.4 Å². The molecule has 2 N–H and O–H groups in total. The van der Waals surface area contributed by atoms with Gasteiger partial charge in [-0.3, -0.25) is 4.57 Å². The van der Waals surface area contributed by atoms with Gasteiger partial charge < -0.3 is 10.5 Å². The topological polar surface area (TPSA) is 93.9 Å². The van der Waals surface area contributed by atoms with E-state index in [0.29, 0.717) is 6.42 Å². The minimum atomic E-state index is -0.572. The van der Waals surface area contributed by atoms with Crippen molar-refractivity contribution in [2.75, 3.05) is 12.8 Å². The molecule has 0 amide bonds. The third kappa shape index (κ3) is 2.40. The summed E-state index contributed by atoms with van der Waals surface area (Å²) >= 11 is 0. The van der Waals surface area contributed by atoms with Crippen molar-refractivity contribution in [2.45, 2.75) is 6.42 Å². The van der Waals surface area contributed by atoms with Crippen molar-refractivity contribution >= 4 is 11.8 Å². The summed E-state index contributed by atoms with van der Waals surface area (Å²) in [6.07, 6.45) is 1.81. The number of esters is 1. The molecule has 0 fully saturated rings. The van der Waals surface area contributed by atoms with Gasteiger partial charge in [0, 0.05) is 5.69 Å². The number of carbonyl (C=O) groups is 1. The van der Waals surface area contributed by atoms with E-state index in [-0.39, 0.29) is 11.5 Å². The Morgan fingerprint density at radius 1 is 1.47 bits per heavy atom. The first-order valence-electron chi connectivity index (χ1n) is 5.54. The van der Waals surface area contributed by atoms with E-state index in [9.17, 15) is 4.79 Å². The number of methoxy groups -OCH3 is 1. The van der Waals surface area contributed by atoms with Crippen LogP contribution in [-0.2, 0) is 11.2 Å². The fourth-order valence-electron chi connectivity index (χ4n) is 1.68. The van der Waals surface area contributed by atoms with Gasteiger partial charge in [0.1, 0.15) is 12.1 Å². The number of imidazole rings is 1. The molecular formula is C13H12N4O2. The number of aromatic nitrogens is 2. The van der Waals surface area contributed by atoms with Crippen molar-refractivity contribution in [1.82, 2.24) is 9.55 Å². The first kappa shape index (κ1) is 12.6. The van der Waals surface area contributed by atoms with Gasteiger partial charge in [-0.05, 0) is 17.7 Å². The number of nitrogens with two attached hydrogens (primary N) is 1. The summed E-state index contributed by atoms with van der Waals surface area (Å²) in [6.45, 7) is 0. The normalized spacial score (nSPS) is 9.89. The summed E-state index contributed by atoms with van der Waals surface area (Å²) in [7, 11) is 1.28. The molecule has 96 valence electrons. The van der Waals surface area contributed by atoms with Crippen LogP contribution in [0.25, 0.3) is 5.69 Å². The SMILES string of the molecule is COC(=O)c1ncn(-c2ccc(CC#N)cc2)c1N. The molecule has 1 aromatic carbocycles. The molecule has 2 aromatic rings. The predicted octanol–water partition coefficient (Wildman–Crippen LogP) is 1.31. The van der Waals surface area contributed by atoms with Crippen LogP contribution in [0.15, 0.2) is 30.6 Å². The van der Waals surface area contributed by atoms with Crippen molar-refractivity contribution < 1.29 is 9.53 Å². The van der Waals surface area contributed by atoms with Crippen LogP contribution in [0, 0.1) is 11.3 Å². The van der Waals surface area contributed by atoms with Gasteiger partial charge in [0.05, 0.1) is 19.6 Å². The lowest BCUT2D eigenvalue weighted by Gasteiger charge is -2.05. The second-order valence-corrected chi connectivity index (χ2v) is 3.84. The quantitative estimate of drug-likeness (QED) is 0.835. The zero-order chi connectivity index (χ0) is 13.8. The summed E-state index contributed by atoms with van der Waals surface area (Å²) in [5, 5.41) is 8.61. The molecule has 0 aliphatic carbocycles. The maximum atomic E-state index is 11.4. The van der Waals surface area contributed by atoms with Crippen molar-refractivity contribution in [2.24, 2.45) is 0 Å². The molecule has 0 saturated heterocycles. The first-order valence-corrected chi connectivity index (χ1v) is 5.54. The average Bonchev–Trinajstić information content (AvgIpc) is 2.81. The standard InChI is InChI=1S/C13H12N4O2/c1-19-13(18)11-12(15)17(8-16-11)10-4-2-9(3-5-10)6-7-14/h2-5,8H,6,15H2,1H3. The average molecular weight is 256 g/mol. The lowest BCUT2D eigenvalue weighted by molar-refractivity contribution is 0.0596. The maximum Gasteiger partial charge on any atom is 0.360 e. The van der Waals surface area contributed by atoms with E-state index >= 15 is 0 Å². The highest BCUT2D eigenvalue weighted by Gasteiger charge is 2.16. The molecule has 1 aromatic heterocycles. The zero-order valence-electron chi connectivity index (χ0n) is 10.3. The van der Waals surface area contributed by atoms with Crippen LogP contribution >= 0.6 is 0 Å². The number of nitriles is 1. The number of nitrogens with zero attached hydrogens (tertiary/aromatic N) is 3. The van der Waals surface area contributed by atoms with Crippen molar-refractivity contribution in [3.8, 4) is 11.8 Å². The molecule has 0 radical (unpaired) electrons. The molecule has 19 heavy (non-hydrogen) atoms. The molecular weight excluding hydrogens is 244 g/mol. The van der Waals surface area contributed by atoms with E-state index in [2.05, 4.69) is 15.8 Å².